The number of thiocarbonyl (C=S) groups is 1. The smallest absolute Gasteiger partial charge is 0.184 e. The Hall–Kier alpha value is -2.91. The number of benzene rings is 2. The van der Waals surface area contributed by atoms with Gasteiger partial charge in [-0.3, -0.25) is 5.43 Å². The van der Waals surface area contributed by atoms with Crippen LogP contribution in [0.4, 0.5) is 21.5 Å². The summed E-state index contributed by atoms with van der Waals surface area (Å²) in [6, 6.07) is 10.5. The second-order valence-electron chi connectivity index (χ2n) is 9.64. The molecule has 0 aromatic heterocycles. The Morgan fingerprint density at radius 2 is 1.74 bits per heavy atom. The van der Waals surface area contributed by atoms with Crippen molar-refractivity contribution in [3.63, 3.8) is 0 Å². The third-order valence-corrected chi connectivity index (χ3v) is 7.34. The number of anilines is 3. The molecule has 2 heterocycles. The molecule has 0 amide bonds. The first-order valence-electron chi connectivity index (χ1n) is 12.1. The molecule has 2 aliphatic heterocycles. The van der Waals surface area contributed by atoms with Crippen LogP contribution in [0.2, 0.25) is 0 Å². The molecule has 3 N–H and O–H groups in total. The van der Waals surface area contributed by atoms with Crippen molar-refractivity contribution in [2.45, 2.75) is 26.3 Å². The fourth-order valence-corrected chi connectivity index (χ4v) is 5.05. The van der Waals surface area contributed by atoms with Crippen LogP contribution < -0.4 is 25.9 Å². The van der Waals surface area contributed by atoms with Gasteiger partial charge in [-0.25, -0.2) is 4.39 Å². The van der Waals surface area contributed by atoms with Crippen LogP contribution in [0.25, 0.3) is 0 Å². The number of hydrazone groups is 1. The van der Waals surface area contributed by atoms with E-state index < -0.39 is 0 Å². The van der Waals surface area contributed by atoms with Crippen LogP contribution in [-0.2, 0) is 0 Å². The molecule has 188 valence electrons. The van der Waals surface area contributed by atoms with Gasteiger partial charge in [0.2, 0.25) is 0 Å². The van der Waals surface area contributed by atoms with E-state index in [2.05, 4.69) is 76.3 Å². The lowest BCUT2D eigenvalue weighted by Crippen LogP contribution is -2.47. The number of nitrogens with one attached hydrogen (secondary N) is 1. The Labute approximate surface area is 213 Å². The number of aryl methyl sites for hydroxylation is 1. The van der Waals surface area contributed by atoms with Crippen LogP contribution in [0, 0.1) is 19.7 Å². The highest BCUT2D eigenvalue weighted by Gasteiger charge is 2.28. The second-order valence-corrected chi connectivity index (χ2v) is 10.1. The molecule has 1 unspecified atom stereocenters. The predicted molar refractivity (Wildman–Crippen MR) is 149 cm³/mol. The van der Waals surface area contributed by atoms with Gasteiger partial charge < -0.3 is 25.3 Å². The van der Waals surface area contributed by atoms with Crippen molar-refractivity contribution in [3.05, 3.63) is 52.8 Å². The van der Waals surface area contributed by atoms with Crippen molar-refractivity contribution in [1.82, 2.24) is 10.3 Å². The van der Waals surface area contributed by atoms with E-state index >= 15 is 4.39 Å². The fraction of sp³-hybridized carbons (Fsp3) is 0.462. The van der Waals surface area contributed by atoms with Crippen molar-refractivity contribution in [2.75, 3.05) is 68.1 Å². The molecule has 0 bridgehead atoms. The SMILES string of the molecule is Cc1cccc(N2CCN(c3cc(N4CCC(N(C)C)C4)c(C=NNC(N)=S)cc3F)CC2)c1C. The molecule has 7 nitrogen and oxygen atoms in total. The number of piperazine rings is 1. The molecule has 0 saturated carbocycles. The maximum Gasteiger partial charge on any atom is 0.184 e. The van der Waals surface area contributed by atoms with Gasteiger partial charge in [-0.05, 0) is 75.9 Å². The minimum absolute atomic E-state index is 0.0791. The summed E-state index contributed by atoms with van der Waals surface area (Å²) in [6.45, 7) is 9.36. The molecule has 2 aromatic carbocycles. The standard InChI is InChI=1S/C26H36FN7S/c1-18-6-5-7-23(19(18)2)32-10-12-33(13-11-32)25-15-24(34-9-8-21(17-34)31(3)4)20(14-22(25)27)16-29-30-26(28)35/h5-7,14-16,21H,8-13,17H2,1-4H3,(H3,28,30,35). The normalized spacial score (nSPS) is 18.7. The lowest BCUT2D eigenvalue weighted by molar-refractivity contribution is 0.315. The lowest BCUT2D eigenvalue weighted by atomic mass is 10.1. The molecule has 0 spiro atoms. The van der Waals surface area contributed by atoms with Crippen molar-refractivity contribution < 1.29 is 4.39 Å². The number of likely N-dealkylation sites (N-methyl/N-ethyl adjacent to an activating group) is 1. The zero-order chi connectivity index (χ0) is 25.1. The minimum Gasteiger partial charge on any atom is -0.375 e. The van der Waals surface area contributed by atoms with Gasteiger partial charge in [-0.1, -0.05) is 12.1 Å². The molecule has 0 radical (unpaired) electrons. The van der Waals surface area contributed by atoms with Gasteiger partial charge >= 0.3 is 0 Å². The van der Waals surface area contributed by atoms with E-state index in [-0.39, 0.29) is 10.9 Å². The summed E-state index contributed by atoms with van der Waals surface area (Å²) in [5.74, 6) is -0.242. The maximum atomic E-state index is 15.4. The third kappa shape index (κ3) is 5.67. The molecule has 1 atom stereocenters. The van der Waals surface area contributed by atoms with Crippen LogP contribution in [0.1, 0.15) is 23.1 Å². The van der Waals surface area contributed by atoms with Crippen molar-refractivity contribution in [2.24, 2.45) is 10.8 Å². The summed E-state index contributed by atoms with van der Waals surface area (Å²) >= 11 is 4.84. The van der Waals surface area contributed by atoms with E-state index in [0.717, 1.165) is 51.4 Å². The van der Waals surface area contributed by atoms with Crippen molar-refractivity contribution in [3.8, 4) is 0 Å². The highest BCUT2D eigenvalue weighted by molar-refractivity contribution is 7.80. The molecule has 4 rings (SSSR count). The Bertz CT molecular complexity index is 1100. The van der Waals surface area contributed by atoms with E-state index in [1.165, 1.54) is 16.8 Å². The minimum atomic E-state index is -0.242. The molecule has 2 aromatic rings. The quantitative estimate of drug-likeness (QED) is 0.361. The first kappa shape index (κ1) is 25.2. The number of hydrogen-bond donors (Lipinski definition) is 2. The van der Waals surface area contributed by atoms with Gasteiger partial charge in [-0.2, -0.15) is 5.10 Å². The van der Waals surface area contributed by atoms with Crippen LogP contribution in [0.5, 0.6) is 0 Å². The van der Waals surface area contributed by atoms with Gasteiger partial charge in [0.25, 0.3) is 0 Å². The molecule has 2 saturated heterocycles. The lowest BCUT2D eigenvalue weighted by Gasteiger charge is -2.38. The zero-order valence-electron chi connectivity index (χ0n) is 21.1. The van der Waals surface area contributed by atoms with Crippen molar-refractivity contribution in [1.29, 1.82) is 0 Å². The molecule has 2 aliphatic rings. The topological polar surface area (TPSA) is 63.4 Å². The maximum absolute atomic E-state index is 15.4. The molecule has 35 heavy (non-hydrogen) atoms. The largest absolute Gasteiger partial charge is 0.375 e. The summed E-state index contributed by atoms with van der Waals surface area (Å²) < 4.78 is 15.4. The van der Waals surface area contributed by atoms with Crippen LogP contribution in [-0.4, -0.2) is 75.6 Å². The summed E-state index contributed by atoms with van der Waals surface area (Å²) in [7, 11) is 4.21. The Morgan fingerprint density at radius 3 is 2.37 bits per heavy atom. The number of nitrogens with two attached hydrogens (primary N) is 1. The van der Waals surface area contributed by atoms with E-state index in [1.807, 2.05) is 6.07 Å². The van der Waals surface area contributed by atoms with E-state index in [9.17, 15) is 0 Å². The molecule has 0 aliphatic carbocycles. The molecule has 9 heteroatoms. The Balaban J connectivity index is 1.57. The van der Waals surface area contributed by atoms with Gasteiger partial charge in [0.1, 0.15) is 5.82 Å². The number of hydrogen-bond acceptors (Lipinski definition) is 6. The summed E-state index contributed by atoms with van der Waals surface area (Å²) in [5.41, 5.74) is 14.3. The van der Waals surface area contributed by atoms with Crippen LogP contribution >= 0.6 is 12.2 Å². The van der Waals surface area contributed by atoms with E-state index in [1.54, 1.807) is 12.3 Å². The van der Waals surface area contributed by atoms with Crippen molar-refractivity contribution >= 4 is 40.6 Å². The van der Waals surface area contributed by atoms with E-state index in [0.29, 0.717) is 17.3 Å². The van der Waals surface area contributed by atoms with E-state index in [4.69, 9.17) is 18.0 Å². The Kier molecular flexibility index (Phi) is 7.76. The summed E-state index contributed by atoms with van der Waals surface area (Å²) in [5, 5.41) is 4.18. The fourth-order valence-electron chi connectivity index (χ4n) is 5.00. The number of rotatable bonds is 6. The van der Waals surface area contributed by atoms with Crippen LogP contribution in [0.3, 0.4) is 0 Å². The molecular weight excluding hydrogens is 461 g/mol. The third-order valence-electron chi connectivity index (χ3n) is 7.25. The first-order valence-corrected chi connectivity index (χ1v) is 12.5. The predicted octanol–water partition coefficient (Wildman–Crippen LogP) is 3.08. The number of halogens is 1. The van der Waals surface area contributed by atoms with Gasteiger partial charge in [0.05, 0.1) is 11.9 Å². The summed E-state index contributed by atoms with van der Waals surface area (Å²) in [6.07, 6.45) is 2.67. The Morgan fingerprint density at radius 1 is 1.06 bits per heavy atom. The highest BCUT2D eigenvalue weighted by atomic mass is 32.1. The zero-order valence-corrected chi connectivity index (χ0v) is 21.9. The molecular formula is C26H36FN7S. The van der Waals surface area contributed by atoms with Gasteiger partial charge in [-0.15, -0.1) is 0 Å². The monoisotopic (exact) mass is 497 g/mol. The second kappa shape index (κ2) is 10.8. The average molecular weight is 498 g/mol. The highest BCUT2D eigenvalue weighted by Crippen LogP contribution is 2.33. The van der Waals surface area contributed by atoms with Gasteiger partial charge in [0.15, 0.2) is 5.11 Å². The van der Waals surface area contributed by atoms with Crippen LogP contribution in [0.15, 0.2) is 35.4 Å². The molecule has 2 fully saturated rings. The summed E-state index contributed by atoms with van der Waals surface area (Å²) in [4.78, 5) is 9.14. The number of nitrogens with zero attached hydrogens (tertiary/aromatic N) is 5. The van der Waals surface area contributed by atoms with Gasteiger partial charge in [0, 0.05) is 62.2 Å². The average Bonchev–Trinajstić information content (AvgIpc) is 3.32. The first-order chi connectivity index (χ1) is 16.7.